The van der Waals surface area contributed by atoms with Gasteiger partial charge in [-0.1, -0.05) is 109 Å². The molecule has 3 heterocycles. The summed E-state index contributed by atoms with van der Waals surface area (Å²) in [7, 11) is 0. The summed E-state index contributed by atoms with van der Waals surface area (Å²) in [4.78, 5) is 0. The minimum absolute atomic E-state index is 0. The molecule has 0 atom stereocenters. The van der Waals surface area contributed by atoms with Gasteiger partial charge in [-0.25, -0.2) is 13.7 Å². The molecular weight excluding hydrogens is 930 g/mol. The molecule has 0 aliphatic carbocycles. The molecule has 0 amide bonds. The van der Waals surface area contributed by atoms with Crippen molar-refractivity contribution in [3.05, 3.63) is 199 Å². The quantitative estimate of drug-likeness (QED) is 0.0777. The van der Waals surface area contributed by atoms with Crippen LogP contribution in [0.3, 0.4) is 0 Å². The van der Waals surface area contributed by atoms with E-state index >= 15 is 0 Å². The maximum absolute atomic E-state index is 2.52. The number of hydrogen-bond donors (Lipinski definition) is 0. The van der Waals surface area contributed by atoms with Crippen molar-refractivity contribution in [1.82, 2.24) is 0 Å². The van der Waals surface area contributed by atoms with Gasteiger partial charge < -0.3 is 50.9 Å². The van der Waals surface area contributed by atoms with E-state index in [1.165, 1.54) is 127 Å². The van der Waals surface area contributed by atoms with Crippen molar-refractivity contribution in [1.29, 1.82) is 0 Å². The van der Waals surface area contributed by atoms with Gasteiger partial charge in [-0.2, -0.15) is 0 Å². The van der Waals surface area contributed by atoms with Crippen molar-refractivity contribution < 1.29 is 64.6 Å². The molecule has 0 bridgehead atoms. The number of unbranched alkanes of at least 4 members (excludes halogenated alkanes) is 6. The maximum atomic E-state index is 2.52. The average Bonchev–Trinajstić information content (AvgIpc) is 3.27. The Hall–Kier alpha value is -4.23. The van der Waals surface area contributed by atoms with Crippen LogP contribution in [0.25, 0.3) is 33.4 Å². The summed E-state index contributed by atoms with van der Waals surface area (Å²) in [6, 6.07) is 52.9. The zero-order chi connectivity index (χ0) is 38.7. The number of halogens is 3. The van der Waals surface area contributed by atoms with Crippen LogP contribution in [0.4, 0.5) is 0 Å². The van der Waals surface area contributed by atoms with Gasteiger partial charge in [0.15, 0.2) is 37.2 Å². The maximum Gasteiger partial charge on any atom is 0.176 e. The minimum atomic E-state index is 0. The number of nitrogens with zero attached hydrogens (tertiary/aromatic N) is 3. The summed E-state index contributed by atoms with van der Waals surface area (Å²) in [5, 5.41) is 0. The molecule has 0 radical (unpaired) electrons. The van der Waals surface area contributed by atoms with Crippen molar-refractivity contribution in [3.63, 3.8) is 0 Å². The van der Waals surface area contributed by atoms with E-state index < -0.39 is 0 Å². The zero-order valence-electron chi connectivity index (χ0n) is 34.9. The lowest BCUT2D eigenvalue weighted by atomic mass is 9.95. The van der Waals surface area contributed by atoms with Crippen LogP contribution >= 0.6 is 0 Å². The van der Waals surface area contributed by atoms with E-state index in [0.29, 0.717) is 0 Å². The molecule has 3 aromatic heterocycles. The molecule has 0 fully saturated rings. The summed E-state index contributed by atoms with van der Waals surface area (Å²) < 4.78 is 7.08. The lowest BCUT2D eigenvalue weighted by molar-refractivity contribution is -0.697. The van der Waals surface area contributed by atoms with Gasteiger partial charge in [0, 0.05) is 54.2 Å². The van der Waals surface area contributed by atoms with Gasteiger partial charge in [-0.15, -0.1) is 0 Å². The minimum Gasteiger partial charge on any atom is -1.00 e. The van der Waals surface area contributed by atoms with Gasteiger partial charge >= 0.3 is 0 Å². The molecular formula is C54H60Br3N3. The van der Waals surface area contributed by atoms with Crippen LogP contribution in [0, 0.1) is 0 Å². The highest BCUT2D eigenvalue weighted by molar-refractivity contribution is 5.62. The molecule has 6 heteroatoms. The Morgan fingerprint density at radius 3 is 0.817 bits per heavy atom. The molecule has 312 valence electrons. The Balaban J connectivity index is 0.00000265. The second-order valence-electron chi connectivity index (χ2n) is 15.7. The standard InChI is InChI=1S/C54H60N3.3BrH/c1-10-25-49(26-11-1)52-31-19-37-55(43-52)34-16-4-7-22-46-40-47(23-8-5-17-35-56-38-20-32-53(44-56)50-27-12-2-13-28-50)42-48(41-46)24-9-6-18-36-57-39-21-33-54(45-57)51-29-14-3-15-30-51;;;/h1-3,10-15,19-21,25-33,37-45H,4-9,16-18,22-24,34-36H2;3*1H/q+3;;;/p-3. The first-order chi connectivity index (χ1) is 28.2. The van der Waals surface area contributed by atoms with Crippen LogP contribution in [0.15, 0.2) is 183 Å². The molecule has 0 unspecified atom stereocenters. The van der Waals surface area contributed by atoms with Crippen molar-refractivity contribution in [3.8, 4) is 33.4 Å². The Bertz CT molecular complexity index is 1980. The van der Waals surface area contributed by atoms with E-state index in [1.54, 1.807) is 0 Å². The normalized spacial score (nSPS) is 10.6. The van der Waals surface area contributed by atoms with Gasteiger partial charge in [-0.05, 0) is 109 Å². The summed E-state index contributed by atoms with van der Waals surface area (Å²) in [6.07, 6.45) is 28.1. The van der Waals surface area contributed by atoms with Gasteiger partial charge in [0.1, 0.15) is 19.6 Å². The lowest BCUT2D eigenvalue weighted by Gasteiger charge is -2.11. The zero-order valence-corrected chi connectivity index (χ0v) is 39.7. The molecule has 60 heavy (non-hydrogen) atoms. The topological polar surface area (TPSA) is 11.6 Å². The van der Waals surface area contributed by atoms with Crippen LogP contribution in [-0.2, 0) is 38.9 Å². The van der Waals surface area contributed by atoms with Crippen molar-refractivity contribution >= 4 is 0 Å². The third kappa shape index (κ3) is 15.7. The molecule has 0 aliphatic rings. The van der Waals surface area contributed by atoms with Crippen molar-refractivity contribution in [2.75, 3.05) is 0 Å². The predicted molar refractivity (Wildman–Crippen MR) is 235 cm³/mol. The van der Waals surface area contributed by atoms with Crippen LogP contribution in [0.1, 0.15) is 74.5 Å². The van der Waals surface area contributed by atoms with Crippen LogP contribution in [0.2, 0.25) is 0 Å². The smallest absolute Gasteiger partial charge is 0.176 e. The highest BCUT2D eigenvalue weighted by Crippen LogP contribution is 2.21. The summed E-state index contributed by atoms with van der Waals surface area (Å²) in [6.45, 7) is 3.20. The van der Waals surface area contributed by atoms with Crippen molar-refractivity contribution in [2.24, 2.45) is 0 Å². The number of rotatable bonds is 21. The molecule has 0 N–H and O–H groups in total. The molecule has 0 spiro atoms. The largest absolute Gasteiger partial charge is 1.00 e. The first-order valence-corrected chi connectivity index (χ1v) is 21.5. The number of benzene rings is 4. The Morgan fingerprint density at radius 1 is 0.267 bits per heavy atom. The monoisotopic (exact) mass is 987 g/mol. The first-order valence-electron chi connectivity index (χ1n) is 21.5. The molecule has 0 aliphatic heterocycles. The number of aromatic nitrogens is 3. The highest BCUT2D eigenvalue weighted by Gasteiger charge is 2.09. The number of hydrogen-bond acceptors (Lipinski definition) is 0. The summed E-state index contributed by atoms with van der Waals surface area (Å²) in [5.74, 6) is 0. The molecule has 4 aromatic carbocycles. The fourth-order valence-electron chi connectivity index (χ4n) is 8.06. The SMILES string of the molecule is [Br-].[Br-].[Br-].c1ccc(-c2ccc[n+](CCCCCc3cc(CCCCC[n+]4cccc(-c5ccccc5)c4)cc(CCCCC[n+]4cccc(-c5ccccc5)c4)c3)c2)cc1. The number of aryl methyl sites for hydroxylation is 6. The molecule has 7 aromatic rings. The van der Waals surface area contributed by atoms with E-state index in [-0.39, 0.29) is 50.9 Å². The second kappa shape index (κ2) is 26.9. The molecule has 7 rings (SSSR count). The van der Waals surface area contributed by atoms with Crippen molar-refractivity contribution in [2.45, 2.75) is 96.7 Å². The van der Waals surface area contributed by atoms with E-state index in [9.17, 15) is 0 Å². The Morgan fingerprint density at radius 2 is 0.533 bits per heavy atom. The second-order valence-corrected chi connectivity index (χ2v) is 15.7. The summed E-state index contributed by atoms with van der Waals surface area (Å²) in [5.41, 5.74) is 12.3. The fraction of sp³-hybridized carbons (Fsp3) is 0.278. The van der Waals surface area contributed by atoms with Crippen LogP contribution < -0.4 is 64.6 Å². The Kier molecular flexibility index (Phi) is 21.7. The fourth-order valence-corrected chi connectivity index (χ4v) is 8.06. The molecule has 3 nitrogen and oxygen atoms in total. The average molecular weight is 991 g/mol. The van der Waals surface area contributed by atoms with Gasteiger partial charge in [0.2, 0.25) is 0 Å². The number of pyridine rings is 3. The third-order valence-electron chi connectivity index (χ3n) is 11.2. The van der Waals surface area contributed by atoms with Gasteiger partial charge in [0.25, 0.3) is 0 Å². The molecule has 0 saturated carbocycles. The van der Waals surface area contributed by atoms with Gasteiger partial charge in [0.05, 0.1) is 0 Å². The third-order valence-corrected chi connectivity index (χ3v) is 11.2. The van der Waals surface area contributed by atoms with E-state index in [1.807, 2.05) is 0 Å². The van der Waals surface area contributed by atoms with Gasteiger partial charge in [-0.3, -0.25) is 0 Å². The highest BCUT2D eigenvalue weighted by atomic mass is 79.9. The molecule has 0 saturated heterocycles. The first kappa shape index (κ1) is 48.4. The van der Waals surface area contributed by atoms with Crippen LogP contribution in [0.5, 0.6) is 0 Å². The lowest BCUT2D eigenvalue weighted by Crippen LogP contribution is -3.00. The Labute approximate surface area is 391 Å². The van der Waals surface area contributed by atoms with E-state index in [0.717, 1.165) is 19.6 Å². The van der Waals surface area contributed by atoms with Crippen LogP contribution in [-0.4, -0.2) is 0 Å². The van der Waals surface area contributed by atoms with E-state index in [2.05, 4.69) is 196 Å². The van der Waals surface area contributed by atoms with E-state index in [4.69, 9.17) is 0 Å². The summed E-state index contributed by atoms with van der Waals surface area (Å²) >= 11 is 0. The predicted octanol–water partition coefficient (Wildman–Crippen LogP) is 2.80.